The lowest BCUT2D eigenvalue weighted by Gasteiger charge is -2.28. The molecule has 0 aromatic carbocycles. The first-order valence-corrected chi connectivity index (χ1v) is 7.03. The monoisotopic (exact) mass is 313 g/mol. The first-order valence-electron chi connectivity index (χ1n) is 5.42. The van der Waals surface area contributed by atoms with Gasteiger partial charge in [0.05, 0.1) is 9.17 Å². The number of rotatable bonds is 1. The molecule has 7 heteroatoms. The molecule has 0 bridgehead atoms. The molecule has 0 amide bonds. The third kappa shape index (κ3) is 2.10. The Bertz CT molecular complexity index is 549. The second kappa shape index (κ2) is 4.40. The van der Waals surface area contributed by atoms with Crippen molar-refractivity contribution in [2.45, 2.75) is 0 Å². The highest BCUT2D eigenvalue weighted by Gasteiger charge is 2.17. The fourth-order valence-electron chi connectivity index (χ4n) is 2.01. The molecular weight excluding hydrogens is 302 g/mol. The minimum atomic E-state index is 0.348. The van der Waals surface area contributed by atoms with Crippen molar-refractivity contribution in [3.8, 4) is 0 Å². The predicted octanol–water partition coefficient (Wildman–Crippen LogP) is 1.45. The molecule has 3 N–H and O–H groups in total. The molecule has 2 aromatic heterocycles. The number of nitrogens with two attached hydrogens (primary N) is 1. The molecule has 90 valence electrons. The van der Waals surface area contributed by atoms with Crippen LogP contribution in [-0.4, -0.2) is 36.1 Å². The number of aromatic nitrogens is 2. The first-order chi connectivity index (χ1) is 8.24. The van der Waals surface area contributed by atoms with Gasteiger partial charge in [-0.2, -0.15) is 4.98 Å². The Labute approximate surface area is 111 Å². The van der Waals surface area contributed by atoms with Gasteiger partial charge in [0.1, 0.15) is 10.6 Å². The topological polar surface area (TPSA) is 67.1 Å². The number of anilines is 2. The van der Waals surface area contributed by atoms with E-state index in [-0.39, 0.29) is 0 Å². The van der Waals surface area contributed by atoms with E-state index in [4.69, 9.17) is 5.73 Å². The maximum Gasteiger partial charge on any atom is 0.223 e. The maximum absolute atomic E-state index is 5.77. The summed E-state index contributed by atoms with van der Waals surface area (Å²) in [5.41, 5.74) is 5.77. The zero-order valence-electron chi connectivity index (χ0n) is 9.11. The lowest BCUT2D eigenvalue weighted by molar-refractivity contribution is 0.586. The van der Waals surface area contributed by atoms with Gasteiger partial charge in [-0.15, -0.1) is 11.3 Å². The lowest BCUT2D eigenvalue weighted by atomic mass is 10.3. The van der Waals surface area contributed by atoms with Gasteiger partial charge in [0.2, 0.25) is 5.95 Å². The number of hydrogen-bond acceptors (Lipinski definition) is 6. The van der Waals surface area contributed by atoms with Crippen LogP contribution < -0.4 is 16.0 Å². The molecule has 1 fully saturated rings. The average molecular weight is 314 g/mol. The zero-order valence-corrected chi connectivity index (χ0v) is 11.5. The molecule has 0 atom stereocenters. The van der Waals surface area contributed by atoms with Gasteiger partial charge in [-0.05, 0) is 22.0 Å². The van der Waals surface area contributed by atoms with Crippen molar-refractivity contribution in [2.75, 3.05) is 36.8 Å². The van der Waals surface area contributed by atoms with Gasteiger partial charge < -0.3 is 16.0 Å². The molecule has 3 rings (SSSR count). The second-order valence-corrected chi connectivity index (χ2v) is 6.32. The molecule has 0 saturated carbocycles. The smallest absolute Gasteiger partial charge is 0.223 e. The molecule has 5 nitrogen and oxygen atoms in total. The van der Waals surface area contributed by atoms with Gasteiger partial charge in [-0.3, -0.25) is 0 Å². The van der Waals surface area contributed by atoms with Crippen molar-refractivity contribution in [3.63, 3.8) is 0 Å². The molecular formula is C10H12BrN5S. The molecule has 0 unspecified atom stereocenters. The summed E-state index contributed by atoms with van der Waals surface area (Å²) in [4.78, 5) is 11.9. The molecule has 0 aliphatic carbocycles. The van der Waals surface area contributed by atoms with Gasteiger partial charge in [-0.1, -0.05) is 0 Å². The Balaban J connectivity index is 2.12. The van der Waals surface area contributed by atoms with Crippen LogP contribution in [0.4, 0.5) is 11.8 Å². The molecule has 1 saturated heterocycles. The van der Waals surface area contributed by atoms with Crippen LogP contribution in [0.25, 0.3) is 10.2 Å². The molecule has 3 heterocycles. The molecule has 1 aliphatic heterocycles. The van der Waals surface area contributed by atoms with Crippen LogP contribution in [0.2, 0.25) is 0 Å². The van der Waals surface area contributed by atoms with E-state index in [2.05, 4.69) is 42.2 Å². The van der Waals surface area contributed by atoms with Crippen molar-refractivity contribution in [3.05, 3.63) is 9.85 Å². The van der Waals surface area contributed by atoms with Crippen LogP contribution in [-0.2, 0) is 0 Å². The van der Waals surface area contributed by atoms with Crippen LogP contribution in [0, 0.1) is 0 Å². The fourth-order valence-corrected chi connectivity index (χ4v) is 3.46. The Morgan fingerprint density at radius 3 is 2.88 bits per heavy atom. The van der Waals surface area contributed by atoms with E-state index in [0.29, 0.717) is 5.95 Å². The van der Waals surface area contributed by atoms with Crippen LogP contribution >= 0.6 is 27.3 Å². The van der Waals surface area contributed by atoms with Gasteiger partial charge >= 0.3 is 0 Å². The van der Waals surface area contributed by atoms with Crippen molar-refractivity contribution in [1.82, 2.24) is 15.3 Å². The number of piperazine rings is 1. The average Bonchev–Trinajstić information content (AvgIpc) is 2.69. The standard InChI is InChI=1S/C10H12BrN5S/c11-7-5-6-8(16-3-1-13-2-4-16)14-10(12)15-9(6)17-7/h5,13H,1-4H2,(H2,12,14,15). The molecule has 0 radical (unpaired) electrons. The Morgan fingerprint density at radius 2 is 2.12 bits per heavy atom. The second-order valence-electron chi connectivity index (χ2n) is 3.91. The lowest BCUT2D eigenvalue weighted by Crippen LogP contribution is -2.44. The highest BCUT2D eigenvalue weighted by Crippen LogP contribution is 2.34. The predicted molar refractivity (Wildman–Crippen MR) is 74.6 cm³/mol. The first kappa shape index (κ1) is 11.2. The third-order valence-corrected chi connectivity index (χ3v) is 4.31. The highest BCUT2D eigenvalue weighted by molar-refractivity contribution is 9.11. The van der Waals surface area contributed by atoms with Crippen molar-refractivity contribution < 1.29 is 0 Å². The fraction of sp³-hybridized carbons (Fsp3) is 0.400. The number of fused-ring (bicyclic) bond motifs is 1. The normalized spacial score (nSPS) is 16.6. The summed E-state index contributed by atoms with van der Waals surface area (Å²) in [6.45, 7) is 3.88. The van der Waals surface area contributed by atoms with E-state index in [1.165, 1.54) is 0 Å². The summed E-state index contributed by atoms with van der Waals surface area (Å²) >= 11 is 5.07. The molecule has 17 heavy (non-hydrogen) atoms. The van der Waals surface area contributed by atoms with E-state index in [0.717, 1.165) is 46.0 Å². The van der Waals surface area contributed by atoms with Gasteiger partial charge in [0, 0.05) is 26.2 Å². The van der Waals surface area contributed by atoms with Crippen LogP contribution in [0.3, 0.4) is 0 Å². The molecule has 2 aromatic rings. The van der Waals surface area contributed by atoms with E-state index in [1.807, 2.05) is 0 Å². The Hall–Kier alpha value is -0.920. The summed E-state index contributed by atoms with van der Waals surface area (Å²) < 4.78 is 1.06. The van der Waals surface area contributed by atoms with E-state index in [1.54, 1.807) is 11.3 Å². The van der Waals surface area contributed by atoms with E-state index < -0.39 is 0 Å². The van der Waals surface area contributed by atoms with Crippen LogP contribution in [0.1, 0.15) is 0 Å². The highest BCUT2D eigenvalue weighted by atomic mass is 79.9. The van der Waals surface area contributed by atoms with Gasteiger partial charge in [0.15, 0.2) is 0 Å². The van der Waals surface area contributed by atoms with Gasteiger partial charge in [0.25, 0.3) is 0 Å². The van der Waals surface area contributed by atoms with E-state index >= 15 is 0 Å². The molecule has 1 aliphatic rings. The number of nitrogens with zero attached hydrogens (tertiary/aromatic N) is 3. The van der Waals surface area contributed by atoms with Crippen LogP contribution in [0.15, 0.2) is 9.85 Å². The number of nitrogens with one attached hydrogen (secondary N) is 1. The minimum Gasteiger partial charge on any atom is -0.368 e. The quantitative estimate of drug-likeness (QED) is 0.834. The van der Waals surface area contributed by atoms with Crippen molar-refractivity contribution in [1.29, 1.82) is 0 Å². The third-order valence-electron chi connectivity index (χ3n) is 2.78. The summed E-state index contributed by atoms with van der Waals surface area (Å²) in [5.74, 6) is 1.30. The minimum absolute atomic E-state index is 0.348. The Kier molecular flexibility index (Phi) is 2.89. The number of halogens is 1. The van der Waals surface area contributed by atoms with E-state index in [9.17, 15) is 0 Å². The number of thiophene rings is 1. The number of hydrogen-bond donors (Lipinski definition) is 2. The summed E-state index contributed by atoms with van der Waals surface area (Å²) in [6, 6.07) is 2.07. The maximum atomic E-state index is 5.77. The SMILES string of the molecule is Nc1nc(N2CCNCC2)c2cc(Br)sc2n1. The summed E-state index contributed by atoms with van der Waals surface area (Å²) in [5, 5.41) is 4.41. The summed E-state index contributed by atoms with van der Waals surface area (Å²) in [7, 11) is 0. The van der Waals surface area contributed by atoms with Crippen molar-refractivity contribution in [2.24, 2.45) is 0 Å². The Morgan fingerprint density at radius 1 is 1.35 bits per heavy atom. The van der Waals surface area contributed by atoms with Crippen LogP contribution in [0.5, 0.6) is 0 Å². The van der Waals surface area contributed by atoms with Gasteiger partial charge in [-0.25, -0.2) is 4.98 Å². The number of nitrogen functional groups attached to an aromatic ring is 1. The largest absolute Gasteiger partial charge is 0.368 e. The van der Waals surface area contributed by atoms with Crippen molar-refractivity contribution >= 4 is 49.2 Å². The summed E-state index contributed by atoms with van der Waals surface area (Å²) in [6.07, 6.45) is 0. The zero-order chi connectivity index (χ0) is 11.8. The molecule has 0 spiro atoms.